The second kappa shape index (κ2) is 9.30. The molecule has 0 spiro atoms. The van der Waals surface area contributed by atoms with Crippen molar-refractivity contribution in [2.75, 3.05) is 13.2 Å². The molecule has 1 aliphatic heterocycles. The summed E-state index contributed by atoms with van der Waals surface area (Å²) in [5.74, 6) is -0.274. The highest BCUT2D eigenvalue weighted by Crippen LogP contribution is 2.37. The van der Waals surface area contributed by atoms with E-state index < -0.39 is 11.4 Å². The summed E-state index contributed by atoms with van der Waals surface area (Å²) in [7, 11) is 0. The second-order valence-corrected chi connectivity index (χ2v) is 8.01. The largest absolute Gasteiger partial charge is 0.491 e. The van der Waals surface area contributed by atoms with Gasteiger partial charge < -0.3 is 19.9 Å². The van der Waals surface area contributed by atoms with Crippen molar-refractivity contribution in [3.05, 3.63) is 65.2 Å². The molecule has 1 heterocycles. The molecule has 6 heteroatoms. The van der Waals surface area contributed by atoms with E-state index in [1.165, 1.54) is 0 Å². The number of carbonyl (C=O) groups excluding carboxylic acids is 1. The van der Waals surface area contributed by atoms with Gasteiger partial charge >= 0.3 is 5.97 Å². The van der Waals surface area contributed by atoms with Crippen molar-refractivity contribution in [1.29, 1.82) is 0 Å². The Balaban J connectivity index is 1.84. The first kappa shape index (κ1) is 21.8. The Hall–Kier alpha value is -2.86. The minimum atomic E-state index is -0.970. The molecular formula is C24H29NO5. The van der Waals surface area contributed by atoms with E-state index >= 15 is 0 Å². The van der Waals surface area contributed by atoms with Gasteiger partial charge in [0.1, 0.15) is 5.75 Å². The molecule has 2 aromatic rings. The zero-order chi connectivity index (χ0) is 21.7. The predicted molar refractivity (Wildman–Crippen MR) is 114 cm³/mol. The molecule has 1 aliphatic rings. The van der Waals surface area contributed by atoms with Crippen LogP contribution >= 0.6 is 0 Å². The van der Waals surface area contributed by atoms with Gasteiger partial charge in [0.15, 0.2) is 0 Å². The molecule has 1 saturated heterocycles. The van der Waals surface area contributed by atoms with Crippen molar-refractivity contribution in [1.82, 2.24) is 5.32 Å². The third-order valence-electron chi connectivity index (χ3n) is 5.54. The number of rotatable bonds is 7. The molecular weight excluding hydrogens is 382 g/mol. The summed E-state index contributed by atoms with van der Waals surface area (Å²) in [6.07, 6.45) is 1.23. The lowest BCUT2D eigenvalue weighted by molar-refractivity contribution is -0.131. The number of hydrogen-bond acceptors (Lipinski definition) is 4. The van der Waals surface area contributed by atoms with E-state index in [2.05, 4.69) is 5.32 Å². The van der Waals surface area contributed by atoms with E-state index in [1.54, 1.807) is 24.3 Å². The van der Waals surface area contributed by atoms with Crippen LogP contribution in [0.15, 0.2) is 48.5 Å². The van der Waals surface area contributed by atoms with Gasteiger partial charge in [-0.2, -0.15) is 0 Å². The van der Waals surface area contributed by atoms with Crippen molar-refractivity contribution in [2.24, 2.45) is 0 Å². The monoisotopic (exact) mass is 411 g/mol. The van der Waals surface area contributed by atoms with Crippen LogP contribution in [0.4, 0.5) is 0 Å². The number of benzene rings is 2. The van der Waals surface area contributed by atoms with Crippen LogP contribution in [0, 0.1) is 0 Å². The fourth-order valence-corrected chi connectivity index (χ4v) is 3.84. The van der Waals surface area contributed by atoms with Crippen LogP contribution in [0.5, 0.6) is 5.75 Å². The maximum absolute atomic E-state index is 13.5. The summed E-state index contributed by atoms with van der Waals surface area (Å²) in [4.78, 5) is 24.6. The lowest BCUT2D eigenvalue weighted by Crippen LogP contribution is -2.48. The summed E-state index contributed by atoms with van der Waals surface area (Å²) >= 11 is 0. The standard InChI is InChI=1S/C24H29NO5/c1-16(2)30-21-6-4-5-20(15-21)24(11-13-29-14-12-24)23(28)25-17(3)18-7-9-19(10-8-18)22(26)27/h4-10,15-17H,11-14H2,1-3H3,(H,25,28)(H,26,27)/t17-/m0/s1. The average Bonchev–Trinajstić information content (AvgIpc) is 2.74. The van der Waals surface area contributed by atoms with Crippen LogP contribution in [0.2, 0.25) is 0 Å². The molecule has 1 fully saturated rings. The molecule has 2 N–H and O–H groups in total. The van der Waals surface area contributed by atoms with Crippen molar-refractivity contribution in [3.63, 3.8) is 0 Å². The Kier molecular flexibility index (Phi) is 6.77. The van der Waals surface area contributed by atoms with E-state index in [-0.39, 0.29) is 23.6 Å². The van der Waals surface area contributed by atoms with Gasteiger partial charge in [0.25, 0.3) is 0 Å². The van der Waals surface area contributed by atoms with Gasteiger partial charge in [-0.15, -0.1) is 0 Å². The fourth-order valence-electron chi connectivity index (χ4n) is 3.84. The van der Waals surface area contributed by atoms with Crippen LogP contribution in [0.3, 0.4) is 0 Å². The van der Waals surface area contributed by atoms with Crippen molar-refractivity contribution < 1.29 is 24.2 Å². The maximum Gasteiger partial charge on any atom is 0.335 e. The van der Waals surface area contributed by atoms with Gasteiger partial charge in [-0.1, -0.05) is 24.3 Å². The highest BCUT2D eigenvalue weighted by atomic mass is 16.5. The molecule has 30 heavy (non-hydrogen) atoms. The van der Waals surface area contributed by atoms with Crippen molar-refractivity contribution in [2.45, 2.75) is 51.2 Å². The van der Waals surface area contributed by atoms with Crippen LogP contribution in [0.25, 0.3) is 0 Å². The average molecular weight is 411 g/mol. The van der Waals surface area contributed by atoms with Gasteiger partial charge in [-0.05, 0) is 69.0 Å². The SMILES string of the molecule is CC(C)Oc1cccc(C2(C(=O)N[C@@H](C)c3ccc(C(=O)O)cc3)CCOCC2)c1. The van der Waals surface area contributed by atoms with E-state index in [0.717, 1.165) is 16.9 Å². The maximum atomic E-state index is 13.5. The smallest absolute Gasteiger partial charge is 0.335 e. The quantitative estimate of drug-likeness (QED) is 0.717. The number of nitrogens with one attached hydrogen (secondary N) is 1. The number of carboxylic acid groups (broad SMARTS) is 1. The molecule has 6 nitrogen and oxygen atoms in total. The van der Waals surface area contributed by atoms with Crippen LogP contribution in [-0.4, -0.2) is 36.3 Å². The Morgan fingerprint density at radius 1 is 1.07 bits per heavy atom. The lowest BCUT2D eigenvalue weighted by atomic mass is 9.73. The molecule has 0 unspecified atom stereocenters. The van der Waals surface area contributed by atoms with Crippen molar-refractivity contribution in [3.8, 4) is 5.75 Å². The highest BCUT2D eigenvalue weighted by Gasteiger charge is 2.42. The predicted octanol–water partition coefficient (Wildman–Crippen LogP) is 4.10. The van der Waals surface area contributed by atoms with E-state index in [1.807, 2.05) is 45.0 Å². The van der Waals surface area contributed by atoms with Gasteiger partial charge in [0.05, 0.1) is 23.1 Å². The molecule has 0 aliphatic carbocycles. The highest BCUT2D eigenvalue weighted by molar-refractivity contribution is 5.89. The van der Waals surface area contributed by atoms with Crippen LogP contribution < -0.4 is 10.1 Å². The van der Waals surface area contributed by atoms with Gasteiger partial charge in [-0.25, -0.2) is 4.79 Å². The summed E-state index contributed by atoms with van der Waals surface area (Å²) in [5.41, 5.74) is 1.31. The Bertz CT molecular complexity index is 885. The van der Waals surface area contributed by atoms with E-state index in [9.17, 15) is 9.59 Å². The Morgan fingerprint density at radius 2 is 1.73 bits per heavy atom. The van der Waals surface area contributed by atoms with Crippen LogP contribution in [0.1, 0.15) is 61.1 Å². The minimum absolute atomic E-state index is 0.0495. The molecule has 0 bridgehead atoms. The molecule has 1 atom stereocenters. The number of carbonyl (C=O) groups is 2. The molecule has 1 amide bonds. The first-order chi connectivity index (χ1) is 14.3. The first-order valence-corrected chi connectivity index (χ1v) is 10.3. The molecule has 0 aromatic heterocycles. The topological polar surface area (TPSA) is 84.9 Å². The molecule has 0 radical (unpaired) electrons. The molecule has 160 valence electrons. The van der Waals surface area contributed by atoms with Crippen molar-refractivity contribution >= 4 is 11.9 Å². The van der Waals surface area contributed by atoms with E-state index in [0.29, 0.717) is 26.1 Å². The third-order valence-corrected chi connectivity index (χ3v) is 5.54. The first-order valence-electron chi connectivity index (χ1n) is 10.3. The zero-order valence-electron chi connectivity index (χ0n) is 17.7. The summed E-state index contributed by atoms with van der Waals surface area (Å²) < 4.78 is 11.4. The number of ether oxygens (including phenoxy) is 2. The fraction of sp³-hybridized carbons (Fsp3) is 0.417. The number of carboxylic acids is 1. The van der Waals surface area contributed by atoms with Gasteiger partial charge in [0, 0.05) is 13.2 Å². The normalized spacial score (nSPS) is 16.7. The number of amides is 1. The number of aromatic carboxylic acids is 1. The Morgan fingerprint density at radius 3 is 2.33 bits per heavy atom. The molecule has 0 saturated carbocycles. The summed E-state index contributed by atoms with van der Waals surface area (Å²) in [6.45, 7) is 6.88. The Labute approximate surface area is 177 Å². The minimum Gasteiger partial charge on any atom is -0.491 e. The third kappa shape index (κ3) is 4.82. The summed E-state index contributed by atoms with van der Waals surface area (Å²) in [6, 6.07) is 14.1. The zero-order valence-corrected chi connectivity index (χ0v) is 17.7. The lowest BCUT2D eigenvalue weighted by Gasteiger charge is -2.37. The molecule has 2 aromatic carbocycles. The second-order valence-electron chi connectivity index (χ2n) is 8.01. The van der Waals surface area contributed by atoms with Gasteiger partial charge in [0.2, 0.25) is 5.91 Å². The number of hydrogen-bond donors (Lipinski definition) is 2. The van der Waals surface area contributed by atoms with Gasteiger partial charge in [-0.3, -0.25) is 4.79 Å². The van der Waals surface area contributed by atoms with Crippen LogP contribution in [-0.2, 0) is 14.9 Å². The van der Waals surface area contributed by atoms with E-state index in [4.69, 9.17) is 14.6 Å². The summed E-state index contributed by atoms with van der Waals surface area (Å²) in [5, 5.41) is 12.2. The molecule has 3 rings (SSSR count).